The molecule has 1 amide bonds. The number of carbonyl (C=O) groups excluding carboxylic acids is 1. The van der Waals surface area contributed by atoms with Crippen LogP contribution in [0.1, 0.15) is 17.5 Å². The minimum absolute atomic E-state index is 0.0919. The Kier molecular flexibility index (Phi) is 9.13. The van der Waals surface area contributed by atoms with E-state index in [1.807, 2.05) is 12.1 Å². The Bertz CT molecular complexity index is 1600. The second-order valence-corrected chi connectivity index (χ2v) is 11.1. The number of sulfonamides is 1. The van der Waals surface area contributed by atoms with Crippen LogP contribution in [-0.4, -0.2) is 73.4 Å². The van der Waals surface area contributed by atoms with Gasteiger partial charge in [0.05, 0.1) is 12.0 Å². The van der Waals surface area contributed by atoms with Crippen molar-refractivity contribution in [2.24, 2.45) is 5.73 Å². The van der Waals surface area contributed by atoms with Crippen LogP contribution in [0.5, 0.6) is 5.75 Å². The zero-order valence-corrected chi connectivity index (χ0v) is 22.8. The van der Waals surface area contributed by atoms with Crippen LogP contribution in [0.4, 0.5) is 18.9 Å². The second-order valence-electron chi connectivity index (χ2n) is 9.09. The first-order valence-corrected chi connectivity index (χ1v) is 13.4. The van der Waals surface area contributed by atoms with Gasteiger partial charge in [-0.25, -0.2) is 13.2 Å². The van der Waals surface area contributed by atoms with Crippen LogP contribution in [0.3, 0.4) is 0 Å². The van der Waals surface area contributed by atoms with Gasteiger partial charge >= 0.3 is 12.1 Å². The highest BCUT2D eigenvalue weighted by Crippen LogP contribution is 2.29. The highest BCUT2D eigenvalue weighted by atomic mass is 32.2. The molecule has 1 atom stereocenters. The number of rotatable bonds is 7. The Morgan fingerprint density at radius 1 is 1.15 bits per heavy atom. The number of nitrogens with two attached hydrogens (primary N) is 2. The standard InChI is InChI=1S/C24H27N5O4S.C2HF3O2/c1-28(34(31,32)20-7-4-15-3-6-19(33-2)12-17(15)13-20)22-9-10-29(24(22)30)14-18-11-16(23(26)27)5-8-21(18)25;3-2(4,5)1(6)7/h3-8,11-13,22H,9-10,14,25H2,1-2H3,(H3,26,27);(H,6,7). The average molecular weight is 596 g/mol. The number of halogens is 3. The van der Waals surface area contributed by atoms with Gasteiger partial charge in [0.15, 0.2) is 0 Å². The van der Waals surface area contributed by atoms with E-state index in [0.717, 1.165) is 15.1 Å². The molecule has 11 nitrogen and oxygen atoms in total. The summed E-state index contributed by atoms with van der Waals surface area (Å²) >= 11 is 0. The SMILES string of the molecule is COc1ccc2ccc(S(=O)(=O)N(C)C3CCN(Cc4cc(C(=N)N)ccc4N)C3=O)cc2c1.O=C(O)C(F)(F)F. The van der Waals surface area contributed by atoms with Gasteiger partial charge in [-0.3, -0.25) is 10.2 Å². The molecule has 3 aromatic carbocycles. The zero-order valence-electron chi connectivity index (χ0n) is 22.0. The van der Waals surface area contributed by atoms with Crippen molar-refractivity contribution in [3.8, 4) is 5.75 Å². The van der Waals surface area contributed by atoms with Gasteiger partial charge in [0.2, 0.25) is 15.9 Å². The number of anilines is 1. The van der Waals surface area contributed by atoms with Crippen molar-refractivity contribution >= 4 is 44.2 Å². The van der Waals surface area contributed by atoms with Gasteiger partial charge in [0, 0.05) is 31.4 Å². The van der Waals surface area contributed by atoms with E-state index in [4.69, 9.17) is 31.5 Å². The molecule has 1 aliphatic heterocycles. The zero-order chi connectivity index (χ0) is 30.7. The van der Waals surface area contributed by atoms with Crippen molar-refractivity contribution in [3.05, 3.63) is 65.7 Å². The fraction of sp³-hybridized carbons (Fsp3) is 0.269. The van der Waals surface area contributed by atoms with Crippen LogP contribution in [0.15, 0.2) is 59.5 Å². The largest absolute Gasteiger partial charge is 0.497 e. The number of ether oxygens (including phenoxy) is 1. The maximum Gasteiger partial charge on any atom is 0.490 e. The van der Waals surface area contributed by atoms with Gasteiger partial charge in [-0.05, 0) is 65.2 Å². The summed E-state index contributed by atoms with van der Waals surface area (Å²) in [5.41, 5.74) is 13.3. The highest BCUT2D eigenvalue weighted by Gasteiger charge is 2.40. The molecule has 0 aromatic heterocycles. The Labute approximate surface area is 233 Å². The number of amidine groups is 1. The number of likely N-dealkylation sites (tertiary alicyclic amines) is 1. The molecule has 1 unspecified atom stereocenters. The first kappa shape index (κ1) is 31.2. The van der Waals surface area contributed by atoms with Crippen molar-refractivity contribution in [2.45, 2.75) is 30.1 Å². The molecule has 0 saturated carbocycles. The molecule has 1 aliphatic rings. The fourth-order valence-corrected chi connectivity index (χ4v) is 5.54. The van der Waals surface area contributed by atoms with Crippen LogP contribution in [0.25, 0.3) is 10.8 Å². The topological polar surface area (TPSA) is 180 Å². The van der Waals surface area contributed by atoms with E-state index in [9.17, 15) is 26.4 Å². The number of amides is 1. The van der Waals surface area contributed by atoms with Crippen LogP contribution in [0, 0.1) is 5.41 Å². The van der Waals surface area contributed by atoms with E-state index in [2.05, 4.69) is 0 Å². The summed E-state index contributed by atoms with van der Waals surface area (Å²) in [6.45, 7) is 0.605. The lowest BCUT2D eigenvalue weighted by molar-refractivity contribution is -0.192. The van der Waals surface area contributed by atoms with Crippen molar-refractivity contribution in [3.63, 3.8) is 0 Å². The van der Waals surface area contributed by atoms with Gasteiger partial charge in [0.25, 0.3) is 0 Å². The summed E-state index contributed by atoms with van der Waals surface area (Å²) in [5, 5.41) is 16.4. The number of nitrogens with one attached hydrogen (secondary N) is 1. The number of likely N-dealkylation sites (N-methyl/N-ethyl adjacent to an activating group) is 1. The number of fused-ring (bicyclic) bond motifs is 1. The quantitative estimate of drug-likeness (QED) is 0.183. The molecule has 4 rings (SSSR count). The lowest BCUT2D eigenvalue weighted by Crippen LogP contribution is -2.42. The molecule has 0 radical (unpaired) electrons. The van der Waals surface area contributed by atoms with Crippen molar-refractivity contribution in [2.75, 3.05) is 26.4 Å². The smallest absolute Gasteiger partial charge is 0.490 e. The van der Waals surface area contributed by atoms with Gasteiger partial charge in [0.1, 0.15) is 17.6 Å². The van der Waals surface area contributed by atoms with E-state index in [-0.39, 0.29) is 23.2 Å². The van der Waals surface area contributed by atoms with E-state index >= 15 is 0 Å². The molecule has 0 aliphatic carbocycles. The number of nitrogens with zero attached hydrogens (tertiary/aromatic N) is 2. The van der Waals surface area contributed by atoms with Crippen LogP contribution >= 0.6 is 0 Å². The third kappa shape index (κ3) is 7.05. The third-order valence-electron chi connectivity index (χ3n) is 6.46. The number of methoxy groups -OCH3 is 1. The molecule has 1 saturated heterocycles. The Morgan fingerprint density at radius 3 is 2.37 bits per heavy atom. The molecular weight excluding hydrogens is 567 g/mol. The van der Waals surface area contributed by atoms with Gasteiger partial charge in [-0.15, -0.1) is 0 Å². The minimum Gasteiger partial charge on any atom is -0.497 e. The monoisotopic (exact) mass is 595 g/mol. The predicted octanol–water partition coefficient (Wildman–Crippen LogP) is 2.77. The van der Waals surface area contributed by atoms with Gasteiger partial charge < -0.3 is 26.2 Å². The summed E-state index contributed by atoms with van der Waals surface area (Å²) in [5.74, 6) is -2.51. The number of aliphatic carboxylic acids is 1. The molecule has 1 fully saturated rings. The lowest BCUT2D eigenvalue weighted by Gasteiger charge is -2.24. The van der Waals surface area contributed by atoms with E-state index in [1.165, 1.54) is 7.05 Å². The van der Waals surface area contributed by atoms with Crippen molar-refractivity contribution in [1.29, 1.82) is 5.41 Å². The molecule has 0 bridgehead atoms. The van der Waals surface area contributed by atoms with Gasteiger partial charge in [-0.2, -0.15) is 17.5 Å². The summed E-state index contributed by atoms with van der Waals surface area (Å²) in [6.07, 6.45) is -4.72. The Balaban J connectivity index is 0.000000587. The van der Waals surface area contributed by atoms with Gasteiger partial charge in [-0.1, -0.05) is 12.1 Å². The number of hydrogen-bond donors (Lipinski definition) is 4. The maximum absolute atomic E-state index is 13.4. The first-order chi connectivity index (χ1) is 19.1. The number of nitrogen functional groups attached to an aromatic ring is 2. The molecule has 41 heavy (non-hydrogen) atoms. The second kappa shape index (κ2) is 12.0. The average Bonchev–Trinajstić information content (AvgIpc) is 3.27. The van der Waals surface area contributed by atoms with Crippen LogP contribution < -0.4 is 16.2 Å². The van der Waals surface area contributed by atoms with Crippen molar-refractivity contribution in [1.82, 2.24) is 9.21 Å². The molecule has 6 N–H and O–H groups in total. The maximum atomic E-state index is 13.4. The fourth-order valence-electron chi connectivity index (χ4n) is 4.16. The Hall–Kier alpha value is -4.37. The molecule has 0 spiro atoms. The predicted molar refractivity (Wildman–Crippen MR) is 145 cm³/mol. The number of hydrogen-bond acceptors (Lipinski definition) is 7. The number of benzene rings is 3. The minimum atomic E-state index is -5.08. The van der Waals surface area contributed by atoms with Crippen molar-refractivity contribution < 1.29 is 41.0 Å². The number of carboxylic acid groups (broad SMARTS) is 1. The normalized spacial score (nSPS) is 15.5. The molecular formula is C26H28F3N5O6S. The highest BCUT2D eigenvalue weighted by molar-refractivity contribution is 7.89. The van der Waals surface area contributed by atoms with E-state index < -0.39 is 28.2 Å². The molecule has 3 aromatic rings. The number of carboxylic acids is 1. The number of carbonyl (C=O) groups is 2. The summed E-state index contributed by atoms with van der Waals surface area (Å²) in [4.78, 5) is 23.7. The molecule has 1 heterocycles. The van der Waals surface area contributed by atoms with Crippen LogP contribution in [-0.2, 0) is 26.2 Å². The Morgan fingerprint density at radius 2 is 1.78 bits per heavy atom. The third-order valence-corrected chi connectivity index (χ3v) is 8.32. The summed E-state index contributed by atoms with van der Waals surface area (Å²) in [6, 6.07) is 14.5. The summed E-state index contributed by atoms with van der Waals surface area (Å²) in [7, 11) is -0.928. The molecule has 15 heteroatoms. The van der Waals surface area contributed by atoms with E-state index in [1.54, 1.807) is 54.5 Å². The first-order valence-electron chi connectivity index (χ1n) is 11.9. The lowest BCUT2D eigenvalue weighted by atomic mass is 10.1. The number of alkyl halides is 3. The van der Waals surface area contributed by atoms with E-state index in [0.29, 0.717) is 35.5 Å². The molecule has 220 valence electrons. The summed E-state index contributed by atoms with van der Waals surface area (Å²) < 4.78 is 64.9. The van der Waals surface area contributed by atoms with Crippen LogP contribution in [0.2, 0.25) is 0 Å².